The van der Waals surface area contributed by atoms with Crippen molar-refractivity contribution in [2.75, 3.05) is 0 Å². The predicted molar refractivity (Wildman–Crippen MR) is 86.1 cm³/mol. The van der Waals surface area contributed by atoms with Crippen molar-refractivity contribution in [3.63, 3.8) is 0 Å². The molecule has 0 aromatic heterocycles. The maximum absolute atomic E-state index is 12.3. The molecule has 3 N–H and O–H groups in total. The van der Waals surface area contributed by atoms with Crippen molar-refractivity contribution in [1.82, 2.24) is 4.72 Å². The van der Waals surface area contributed by atoms with Crippen LogP contribution < -0.4 is 10.5 Å². The molecule has 0 heterocycles. The topological polar surface area (TPSA) is 72.2 Å². The van der Waals surface area contributed by atoms with Crippen molar-refractivity contribution in [3.8, 4) is 0 Å². The highest BCUT2D eigenvalue weighted by atomic mass is 32.2. The number of benzene rings is 1. The van der Waals surface area contributed by atoms with E-state index in [4.69, 9.17) is 5.73 Å². The Kier molecular flexibility index (Phi) is 5.79. The average Bonchev–Trinajstić information content (AvgIpc) is 2.63. The Morgan fingerprint density at radius 1 is 1.10 bits per heavy atom. The monoisotopic (exact) mass is 310 g/mol. The first kappa shape index (κ1) is 16.5. The lowest BCUT2D eigenvalue weighted by Gasteiger charge is -2.16. The Bertz CT molecular complexity index is 540. The fourth-order valence-electron chi connectivity index (χ4n) is 2.89. The van der Waals surface area contributed by atoms with Gasteiger partial charge < -0.3 is 5.73 Å². The second-order valence-electron chi connectivity index (χ2n) is 6.21. The zero-order chi connectivity index (χ0) is 15.3. The van der Waals surface area contributed by atoms with E-state index in [1.165, 1.54) is 6.42 Å². The third-order valence-electron chi connectivity index (χ3n) is 4.22. The van der Waals surface area contributed by atoms with Crippen LogP contribution in [0.15, 0.2) is 24.3 Å². The van der Waals surface area contributed by atoms with Crippen LogP contribution in [0.25, 0.3) is 0 Å². The summed E-state index contributed by atoms with van der Waals surface area (Å²) in [5, 5.41) is 0. The van der Waals surface area contributed by atoms with E-state index in [0.717, 1.165) is 36.8 Å². The van der Waals surface area contributed by atoms with Gasteiger partial charge in [0, 0.05) is 12.6 Å². The molecule has 0 saturated heterocycles. The Balaban J connectivity index is 1.94. The highest BCUT2D eigenvalue weighted by Gasteiger charge is 2.21. The van der Waals surface area contributed by atoms with Gasteiger partial charge in [0.05, 0.1) is 5.75 Å². The SMILES string of the molecule is CC1CCCC(NS(=O)(=O)Cc2ccc(CN)cc2)CC1. The Morgan fingerprint density at radius 3 is 2.43 bits per heavy atom. The molecule has 2 atom stereocenters. The van der Waals surface area contributed by atoms with Crippen molar-refractivity contribution >= 4 is 10.0 Å². The minimum atomic E-state index is -3.27. The van der Waals surface area contributed by atoms with E-state index in [1.54, 1.807) is 0 Å². The van der Waals surface area contributed by atoms with E-state index in [9.17, 15) is 8.42 Å². The first-order valence-corrected chi connectivity index (χ1v) is 9.41. The Morgan fingerprint density at radius 2 is 1.76 bits per heavy atom. The normalized spacial score (nSPS) is 23.7. The quantitative estimate of drug-likeness (QED) is 0.821. The van der Waals surface area contributed by atoms with Crippen molar-refractivity contribution < 1.29 is 8.42 Å². The van der Waals surface area contributed by atoms with Crippen LogP contribution in [0.3, 0.4) is 0 Å². The van der Waals surface area contributed by atoms with E-state index >= 15 is 0 Å². The molecule has 1 fully saturated rings. The zero-order valence-corrected chi connectivity index (χ0v) is 13.5. The molecule has 0 amide bonds. The van der Waals surface area contributed by atoms with Crippen molar-refractivity contribution in [1.29, 1.82) is 0 Å². The number of sulfonamides is 1. The van der Waals surface area contributed by atoms with Gasteiger partial charge >= 0.3 is 0 Å². The number of hydrogen-bond acceptors (Lipinski definition) is 3. The molecular weight excluding hydrogens is 284 g/mol. The number of nitrogens with two attached hydrogens (primary N) is 1. The molecule has 1 aromatic carbocycles. The van der Waals surface area contributed by atoms with Gasteiger partial charge in [-0.2, -0.15) is 0 Å². The molecule has 2 rings (SSSR count). The van der Waals surface area contributed by atoms with Crippen molar-refractivity contribution in [2.45, 2.75) is 57.4 Å². The van der Waals surface area contributed by atoms with Gasteiger partial charge in [0.2, 0.25) is 10.0 Å². The third kappa shape index (κ3) is 5.41. The van der Waals surface area contributed by atoms with Crippen LogP contribution in [-0.2, 0) is 22.3 Å². The smallest absolute Gasteiger partial charge is 0.216 e. The van der Waals surface area contributed by atoms with Gasteiger partial charge in [-0.3, -0.25) is 0 Å². The Labute approximate surface area is 128 Å². The van der Waals surface area contributed by atoms with Crippen molar-refractivity contribution in [3.05, 3.63) is 35.4 Å². The molecule has 0 radical (unpaired) electrons. The van der Waals surface area contributed by atoms with Crippen LogP contribution in [0.5, 0.6) is 0 Å². The summed E-state index contributed by atoms with van der Waals surface area (Å²) in [5.41, 5.74) is 7.37. The minimum Gasteiger partial charge on any atom is -0.326 e. The van der Waals surface area contributed by atoms with Gasteiger partial charge in [0.15, 0.2) is 0 Å². The lowest BCUT2D eigenvalue weighted by atomic mass is 10.0. The van der Waals surface area contributed by atoms with Crippen LogP contribution in [0.4, 0.5) is 0 Å². The van der Waals surface area contributed by atoms with Crippen molar-refractivity contribution in [2.24, 2.45) is 11.7 Å². The first-order valence-electron chi connectivity index (χ1n) is 7.76. The summed E-state index contributed by atoms with van der Waals surface area (Å²) in [5.74, 6) is 0.757. The second-order valence-corrected chi connectivity index (χ2v) is 7.96. The molecule has 0 aliphatic heterocycles. The fraction of sp³-hybridized carbons (Fsp3) is 0.625. The molecular formula is C16H26N2O2S. The second kappa shape index (κ2) is 7.38. The average molecular weight is 310 g/mol. The molecule has 5 heteroatoms. The maximum Gasteiger partial charge on any atom is 0.216 e. The summed E-state index contributed by atoms with van der Waals surface area (Å²) >= 11 is 0. The lowest BCUT2D eigenvalue weighted by molar-refractivity contribution is 0.484. The molecule has 118 valence electrons. The standard InChI is InChI=1S/C16H26N2O2S/c1-13-3-2-4-16(10-5-13)18-21(19,20)12-15-8-6-14(11-17)7-9-15/h6-9,13,16,18H,2-5,10-12,17H2,1H3. The highest BCUT2D eigenvalue weighted by Crippen LogP contribution is 2.23. The Hall–Kier alpha value is -0.910. The van der Waals surface area contributed by atoms with Gasteiger partial charge in [0.25, 0.3) is 0 Å². The summed E-state index contributed by atoms with van der Waals surface area (Å²) in [6, 6.07) is 7.56. The summed E-state index contributed by atoms with van der Waals surface area (Å²) in [4.78, 5) is 0. The van der Waals surface area contributed by atoms with Crippen LogP contribution >= 0.6 is 0 Å². The molecule has 2 unspecified atom stereocenters. The van der Waals surface area contributed by atoms with Crippen LogP contribution in [0, 0.1) is 5.92 Å². The molecule has 0 spiro atoms. The summed E-state index contributed by atoms with van der Waals surface area (Å²) in [6.07, 6.45) is 5.33. The molecule has 1 aliphatic carbocycles. The van der Waals surface area contributed by atoms with E-state index in [2.05, 4.69) is 11.6 Å². The molecule has 1 aromatic rings. The minimum absolute atomic E-state index is 0.0455. The van der Waals surface area contributed by atoms with Crippen LogP contribution in [-0.4, -0.2) is 14.5 Å². The van der Waals surface area contributed by atoms with E-state index in [0.29, 0.717) is 12.5 Å². The van der Waals surface area contributed by atoms with Crippen LogP contribution in [0.1, 0.15) is 50.2 Å². The van der Waals surface area contributed by atoms with Gasteiger partial charge in [-0.25, -0.2) is 13.1 Å². The third-order valence-corrected chi connectivity index (χ3v) is 5.62. The summed E-state index contributed by atoms with van der Waals surface area (Å²) in [6.45, 7) is 2.72. The molecule has 1 saturated carbocycles. The van der Waals surface area contributed by atoms with Gasteiger partial charge in [-0.1, -0.05) is 44.0 Å². The molecule has 21 heavy (non-hydrogen) atoms. The van der Waals surface area contributed by atoms with E-state index in [1.807, 2.05) is 24.3 Å². The van der Waals surface area contributed by atoms with Crippen LogP contribution in [0.2, 0.25) is 0 Å². The summed E-state index contributed by atoms with van der Waals surface area (Å²) < 4.78 is 27.4. The molecule has 4 nitrogen and oxygen atoms in total. The largest absolute Gasteiger partial charge is 0.326 e. The van der Waals surface area contributed by atoms with Gasteiger partial charge in [-0.05, 0) is 36.3 Å². The van der Waals surface area contributed by atoms with E-state index in [-0.39, 0.29) is 11.8 Å². The number of rotatable bonds is 5. The zero-order valence-electron chi connectivity index (χ0n) is 12.7. The molecule has 0 bridgehead atoms. The summed E-state index contributed by atoms with van der Waals surface area (Å²) in [7, 11) is -3.27. The fourth-order valence-corrected chi connectivity index (χ4v) is 4.35. The first-order chi connectivity index (χ1) is 9.98. The number of nitrogens with one attached hydrogen (secondary N) is 1. The molecule has 1 aliphatic rings. The number of hydrogen-bond donors (Lipinski definition) is 2. The maximum atomic E-state index is 12.3. The van der Waals surface area contributed by atoms with Gasteiger partial charge in [0.1, 0.15) is 0 Å². The van der Waals surface area contributed by atoms with Gasteiger partial charge in [-0.15, -0.1) is 0 Å². The lowest BCUT2D eigenvalue weighted by Crippen LogP contribution is -2.35. The van der Waals surface area contributed by atoms with E-state index < -0.39 is 10.0 Å². The predicted octanol–water partition coefficient (Wildman–Crippen LogP) is 2.53. The highest BCUT2D eigenvalue weighted by molar-refractivity contribution is 7.88.